The zero-order valence-electron chi connectivity index (χ0n) is 11.3. The minimum absolute atomic E-state index is 0.154. The Kier molecular flexibility index (Phi) is 3.82. The minimum Gasteiger partial charge on any atom is -0.307 e. The van der Waals surface area contributed by atoms with Crippen molar-refractivity contribution in [2.75, 3.05) is 6.54 Å². The van der Waals surface area contributed by atoms with Crippen LogP contribution in [0.25, 0.3) is 0 Å². The maximum Gasteiger partial charge on any atom is 0.123 e. The Balaban J connectivity index is 1.59. The summed E-state index contributed by atoms with van der Waals surface area (Å²) >= 11 is 0. The first-order valence-corrected chi connectivity index (χ1v) is 7.22. The lowest BCUT2D eigenvalue weighted by atomic mass is 9.82. The Hall–Kier alpha value is -0.970. The van der Waals surface area contributed by atoms with Crippen LogP contribution >= 0.6 is 0 Å². The summed E-state index contributed by atoms with van der Waals surface area (Å²) in [6.45, 7) is 3.18. The van der Waals surface area contributed by atoms with Crippen LogP contribution in [0.15, 0.2) is 24.3 Å². The Morgan fingerprint density at radius 2 is 2.26 bits per heavy atom. The Morgan fingerprint density at radius 1 is 1.37 bits per heavy atom. The summed E-state index contributed by atoms with van der Waals surface area (Å²) in [4.78, 5) is 0. The van der Waals surface area contributed by atoms with Gasteiger partial charge in [0.15, 0.2) is 0 Å². The van der Waals surface area contributed by atoms with Crippen LogP contribution in [-0.2, 0) is 0 Å². The number of hydrogen-bond donors (Lipinski definition) is 3. The third-order valence-corrected chi connectivity index (χ3v) is 4.47. The standard InChI is InChI=1S/C15H22FN3/c1-10(11-3-2-4-13(16)7-11)18-14-5-6-15-12(8-14)9-17-19-15/h2-4,7,10,12,14-15,17-19H,5-6,8-9H2,1H3. The molecule has 1 heterocycles. The summed E-state index contributed by atoms with van der Waals surface area (Å²) in [5.41, 5.74) is 7.63. The molecule has 1 saturated heterocycles. The molecule has 104 valence electrons. The van der Waals surface area contributed by atoms with Crippen molar-refractivity contribution in [3.8, 4) is 0 Å². The molecule has 1 saturated carbocycles. The summed E-state index contributed by atoms with van der Waals surface area (Å²) < 4.78 is 13.2. The largest absolute Gasteiger partial charge is 0.307 e. The number of nitrogens with one attached hydrogen (secondary N) is 3. The molecule has 0 amide bonds. The van der Waals surface area contributed by atoms with E-state index in [2.05, 4.69) is 23.1 Å². The molecule has 3 N–H and O–H groups in total. The SMILES string of the molecule is CC(NC1CCC2NNCC2C1)c1cccc(F)c1. The lowest BCUT2D eigenvalue weighted by Crippen LogP contribution is -2.42. The maximum absolute atomic E-state index is 13.2. The van der Waals surface area contributed by atoms with E-state index in [0.717, 1.165) is 18.0 Å². The van der Waals surface area contributed by atoms with E-state index in [0.29, 0.717) is 12.1 Å². The van der Waals surface area contributed by atoms with E-state index < -0.39 is 0 Å². The molecular formula is C15H22FN3. The fraction of sp³-hybridized carbons (Fsp3) is 0.600. The summed E-state index contributed by atoms with van der Waals surface area (Å²) in [5, 5.41) is 3.65. The highest BCUT2D eigenvalue weighted by molar-refractivity contribution is 5.19. The molecule has 1 aromatic carbocycles. The van der Waals surface area contributed by atoms with Gasteiger partial charge in [0.25, 0.3) is 0 Å². The zero-order valence-corrected chi connectivity index (χ0v) is 11.3. The quantitative estimate of drug-likeness (QED) is 0.782. The fourth-order valence-electron chi connectivity index (χ4n) is 3.38. The molecule has 2 fully saturated rings. The molecule has 0 spiro atoms. The van der Waals surface area contributed by atoms with E-state index in [1.54, 1.807) is 12.1 Å². The van der Waals surface area contributed by atoms with Gasteiger partial charge in [-0.15, -0.1) is 0 Å². The van der Waals surface area contributed by atoms with Gasteiger partial charge in [-0.25, -0.2) is 4.39 Å². The molecule has 4 heteroatoms. The second-order valence-corrected chi connectivity index (χ2v) is 5.85. The molecule has 4 atom stereocenters. The van der Waals surface area contributed by atoms with Gasteiger partial charge in [-0.3, -0.25) is 10.9 Å². The Bertz CT molecular complexity index is 437. The van der Waals surface area contributed by atoms with Crippen LogP contribution in [0, 0.1) is 11.7 Å². The monoisotopic (exact) mass is 263 g/mol. The molecule has 3 rings (SSSR count). The van der Waals surface area contributed by atoms with Crippen molar-refractivity contribution in [1.29, 1.82) is 0 Å². The first-order valence-electron chi connectivity index (χ1n) is 7.22. The molecule has 0 radical (unpaired) electrons. The van der Waals surface area contributed by atoms with Crippen LogP contribution in [0.2, 0.25) is 0 Å². The fourth-order valence-corrected chi connectivity index (χ4v) is 3.38. The van der Waals surface area contributed by atoms with Gasteiger partial charge in [0, 0.05) is 24.7 Å². The average Bonchev–Trinajstić information content (AvgIpc) is 2.86. The molecule has 2 aliphatic rings. The predicted octanol–water partition coefficient (Wildman–Crippen LogP) is 2.12. The average molecular weight is 263 g/mol. The summed E-state index contributed by atoms with van der Waals surface area (Å²) in [5.74, 6) is 0.574. The number of fused-ring (bicyclic) bond motifs is 1. The van der Waals surface area contributed by atoms with Gasteiger partial charge in [0.1, 0.15) is 5.82 Å². The van der Waals surface area contributed by atoms with E-state index in [1.165, 1.54) is 25.3 Å². The summed E-state index contributed by atoms with van der Waals surface area (Å²) in [7, 11) is 0. The van der Waals surface area contributed by atoms with E-state index in [9.17, 15) is 4.39 Å². The molecule has 4 unspecified atom stereocenters. The summed E-state index contributed by atoms with van der Waals surface area (Å²) in [6.07, 6.45) is 3.60. The molecule has 19 heavy (non-hydrogen) atoms. The molecule has 3 nitrogen and oxygen atoms in total. The second kappa shape index (κ2) is 5.57. The van der Waals surface area contributed by atoms with Crippen LogP contribution in [0.1, 0.15) is 37.8 Å². The van der Waals surface area contributed by atoms with Crippen molar-refractivity contribution in [2.24, 2.45) is 5.92 Å². The van der Waals surface area contributed by atoms with E-state index in [4.69, 9.17) is 0 Å². The first-order chi connectivity index (χ1) is 9.22. The van der Waals surface area contributed by atoms with Gasteiger partial charge in [-0.05, 0) is 49.8 Å². The van der Waals surface area contributed by atoms with Crippen molar-refractivity contribution in [2.45, 2.75) is 44.3 Å². The topological polar surface area (TPSA) is 36.1 Å². The second-order valence-electron chi connectivity index (χ2n) is 5.85. The molecule has 0 bridgehead atoms. The van der Waals surface area contributed by atoms with Gasteiger partial charge < -0.3 is 5.32 Å². The molecule has 1 aromatic rings. The van der Waals surface area contributed by atoms with Gasteiger partial charge in [-0.1, -0.05) is 12.1 Å². The number of benzene rings is 1. The molecule has 0 aromatic heterocycles. The Morgan fingerprint density at radius 3 is 3.11 bits per heavy atom. The van der Waals surface area contributed by atoms with E-state index in [-0.39, 0.29) is 11.9 Å². The van der Waals surface area contributed by atoms with Crippen molar-refractivity contribution in [3.05, 3.63) is 35.6 Å². The summed E-state index contributed by atoms with van der Waals surface area (Å²) in [6, 6.07) is 8.29. The number of hydrazine groups is 1. The van der Waals surface area contributed by atoms with Crippen LogP contribution < -0.4 is 16.2 Å². The Labute approximate surface area is 113 Å². The van der Waals surface area contributed by atoms with Crippen LogP contribution in [0.3, 0.4) is 0 Å². The van der Waals surface area contributed by atoms with Crippen molar-refractivity contribution in [1.82, 2.24) is 16.2 Å². The lowest BCUT2D eigenvalue weighted by molar-refractivity contribution is 0.258. The normalized spacial score (nSPS) is 32.0. The number of rotatable bonds is 3. The van der Waals surface area contributed by atoms with Gasteiger partial charge in [-0.2, -0.15) is 0 Å². The van der Waals surface area contributed by atoms with Gasteiger partial charge in [0.05, 0.1) is 0 Å². The molecule has 1 aliphatic heterocycles. The van der Waals surface area contributed by atoms with E-state index >= 15 is 0 Å². The molecule has 1 aliphatic carbocycles. The number of halogens is 1. The van der Waals surface area contributed by atoms with Gasteiger partial charge >= 0.3 is 0 Å². The van der Waals surface area contributed by atoms with Crippen LogP contribution in [0.4, 0.5) is 4.39 Å². The lowest BCUT2D eigenvalue weighted by Gasteiger charge is -2.33. The predicted molar refractivity (Wildman–Crippen MR) is 74.0 cm³/mol. The minimum atomic E-state index is -0.154. The van der Waals surface area contributed by atoms with Gasteiger partial charge in [0.2, 0.25) is 0 Å². The van der Waals surface area contributed by atoms with Crippen molar-refractivity contribution >= 4 is 0 Å². The highest BCUT2D eigenvalue weighted by Gasteiger charge is 2.33. The zero-order chi connectivity index (χ0) is 13.2. The maximum atomic E-state index is 13.2. The highest BCUT2D eigenvalue weighted by atomic mass is 19.1. The third kappa shape index (κ3) is 2.96. The first kappa shape index (κ1) is 13.0. The third-order valence-electron chi connectivity index (χ3n) is 4.47. The molecular weight excluding hydrogens is 241 g/mol. The van der Waals surface area contributed by atoms with E-state index in [1.807, 2.05) is 6.07 Å². The van der Waals surface area contributed by atoms with Crippen LogP contribution in [0.5, 0.6) is 0 Å². The number of hydrogen-bond acceptors (Lipinski definition) is 3. The van der Waals surface area contributed by atoms with Crippen molar-refractivity contribution < 1.29 is 4.39 Å². The highest BCUT2D eigenvalue weighted by Crippen LogP contribution is 2.28. The van der Waals surface area contributed by atoms with Crippen molar-refractivity contribution in [3.63, 3.8) is 0 Å². The van der Waals surface area contributed by atoms with Crippen LogP contribution in [-0.4, -0.2) is 18.6 Å². The smallest absolute Gasteiger partial charge is 0.123 e.